The number of hydrogen-bond acceptors (Lipinski definition) is 12. The van der Waals surface area contributed by atoms with Gasteiger partial charge >= 0.3 is 23.9 Å². The van der Waals surface area contributed by atoms with E-state index < -0.39 is 64.0 Å². The molecule has 6 rings (SSSR count). The summed E-state index contributed by atoms with van der Waals surface area (Å²) in [6.07, 6.45) is 48.6. The van der Waals surface area contributed by atoms with Gasteiger partial charge in [-0.3, -0.25) is 19.2 Å². The third-order valence-electron chi connectivity index (χ3n) is 14.4. The SMILES string of the molecule is C1CCCCC1.C1CCCCC1.C1CCCCC1.C1CCCCC1.CC.CC.CC.CC.CC(O)C(=O)C(C)(C)C.CC(OC(=O)C(C)(C)C)C(=O)OC(C)C(=O)C(C)(C)C.CC(OC(=O)C(C)(C)C)C(=O)OC1CCCCC1.CCC.CCC.CCC.CCC.OC1CCCCC1. The van der Waals surface area contributed by atoms with E-state index in [9.17, 15) is 28.8 Å². The first-order valence-corrected chi connectivity index (χ1v) is 41.3. The van der Waals surface area contributed by atoms with Crippen LogP contribution >= 0.6 is 0 Å². The van der Waals surface area contributed by atoms with E-state index in [0.29, 0.717) is 0 Å². The number of carbonyl (C=O) groups is 6. The van der Waals surface area contributed by atoms with Crippen LogP contribution in [-0.2, 0) is 47.7 Å². The molecule has 0 amide bonds. The summed E-state index contributed by atoms with van der Waals surface area (Å²) < 4.78 is 20.5. The first-order chi connectivity index (χ1) is 46.0. The highest BCUT2D eigenvalue weighted by Gasteiger charge is 2.34. The van der Waals surface area contributed by atoms with Crippen LogP contribution in [0.25, 0.3) is 0 Å². The monoisotopic (exact) mass is 1410 g/mol. The number of aliphatic hydroxyl groups is 2. The molecule has 0 aromatic rings. The summed E-state index contributed by atoms with van der Waals surface area (Å²) in [5.41, 5.74) is -2.29. The van der Waals surface area contributed by atoms with E-state index in [1.165, 1.54) is 226 Å². The summed E-state index contributed by atoms with van der Waals surface area (Å²) in [4.78, 5) is 69.7. The summed E-state index contributed by atoms with van der Waals surface area (Å²) in [6.45, 7) is 60.0. The van der Waals surface area contributed by atoms with Crippen molar-refractivity contribution in [2.24, 2.45) is 21.7 Å². The predicted molar refractivity (Wildman–Crippen MR) is 428 cm³/mol. The van der Waals surface area contributed by atoms with Crippen LogP contribution in [0, 0.1) is 21.7 Å². The lowest BCUT2D eigenvalue weighted by Gasteiger charge is -2.24. The molecular formula is C86H180O12. The van der Waals surface area contributed by atoms with E-state index in [-0.39, 0.29) is 29.7 Å². The Bertz CT molecular complexity index is 1520. The van der Waals surface area contributed by atoms with E-state index in [1.807, 2.05) is 55.4 Å². The Labute approximate surface area is 614 Å². The van der Waals surface area contributed by atoms with Gasteiger partial charge in [-0.25, -0.2) is 9.59 Å². The molecule has 4 atom stereocenters. The molecule has 2 N–H and O–H groups in total. The minimum atomic E-state index is -1.03. The molecule has 6 aliphatic rings. The van der Waals surface area contributed by atoms with Crippen LogP contribution in [0.3, 0.4) is 0 Å². The van der Waals surface area contributed by atoms with Gasteiger partial charge < -0.3 is 29.2 Å². The zero-order valence-electron chi connectivity index (χ0n) is 72.3. The van der Waals surface area contributed by atoms with Crippen molar-refractivity contribution < 1.29 is 57.9 Å². The van der Waals surface area contributed by atoms with Gasteiger partial charge in [0.05, 0.1) is 16.9 Å². The normalized spacial score (nSPS) is 16.7. The number of aliphatic hydroxyl groups excluding tert-OH is 2. The largest absolute Gasteiger partial charge is 0.460 e. The van der Waals surface area contributed by atoms with Crippen LogP contribution in [0.2, 0.25) is 0 Å². The Morgan fingerprint density at radius 1 is 0.306 bits per heavy atom. The van der Waals surface area contributed by atoms with Gasteiger partial charge in [0, 0.05) is 10.8 Å². The maximum atomic E-state index is 11.9. The molecule has 0 aromatic heterocycles. The van der Waals surface area contributed by atoms with Crippen molar-refractivity contribution in [3.05, 3.63) is 0 Å². The summed E-state index contributed by atoms with van der Waals surface area (Å²) >= 11 is 0. The van der Waals surface area contributed by atoms with Gasteiger partial charge in [0.25, 0.3) is 0 Å². The lowest BCUT2D eigenvalue weighted by atomic mass is 9.88. The quantitative estimate of drug-likeness (QED) is 0.174. The van der Waals surface area contributed by atoms with E-state index in [2.05, 4.69) is 55.4 Å². The zero-order valence-corrected chi connectivity index (χ0v) is 72.3. The number of esters is 4. The molecule has 6 saturated carbocycles. The number of hydrogen-bond donors (Lipinski definition) is 2. The third kappa shape index (κ3) is 91.2. The van der Waals surface area contributed by atoms with Crippen molar-refractivity contribution in [3.8, 4) is 0 Å². The first-order valence-electron chi connectivity index (χ1n) is 41.3. The van der Waals surface area contributed by atoms with Crippen molar-refractivity contribution in [1.29, 1.82) is 0 Å². The molecule has 12 nitrogen and oxygen atoms in total. The fourth-order valence-electron chi connectivity index (χ4n) is 9.10. The van der Waals surface area contributed by atoms with E-state index in [4.69, 9.17) is 29.2 Å². The Balaban J connectivity index is -0.000000112. The number of carbonyl (C=O) groups excluding carboxylic acids is 6. The molecule has 0 aliphatic heterocycles. The van der Waals surface area contributed by atoms with Crippen LogP contribution < -0.4 is 0 Å². The van der Waals surface area contributed by atoms with Gasteiger partial charge in [0.15, 0.2) is 29.9 Å². The molecule has 6 fully saturated rings. The zero-order chi connectivity index (χ0) is 78.6. The first kappa shape index (κ1) is 116. The van der Waals surface area contributed by atoms with Crippen molar-refractivity contribution in [2.75, 3.05) is 0 Å². The maximum Gasteiger partial charge on any atom is 0.347 e. The van der Waals surface area contributed by atoms with Crippen LogP contribution in [-0.4, -0.2) is 82.3 Å². The van der Waals surface area contributed by atoms with E-state index in [0.717, 1.165) is 38.5 Å². The Hall–Kier alpha value is -2.86. The second-order valence-electron chi connectivity index (χ2n) is 29.9. The Morgan fingerprint density at radius 2 is 0.500 bits per heavy atom. The topological polar surface area (TPSA) is 180 Å². The fraction of sp³-hybridized carbons (Fsp3) is 0.930. The number of Topliss-reactive ketones (excluding diaryl/α,β-unsaturated/α-hetero) is 2. The lowest BCUT2D eigenvalue weighted by molar-refractivity contribution is -0.176. The van der Waals surface area contributed by atoms with Crippen LogP contribution in [0.15, 0.2) is 0 Å². The molecule has 596 valence electrons. The van der Waals surface area contributed by atoms with Gasteiger partial charge in [0.2, 0.25) is 0 Å². The molecule has 0 heterocycles. The lowest BCUT2D eigenvalue weighted by Crippen LogP contribution is -2.38. The highest BCUT2D eigenvalue weighted by molar-refractivity contribution is 5.90. The van der Waals surface area contributed by atoms with E-state index in [1.54, 1.807) is 90.0 Å². The van der Waals surface area contributed by atoms with Gasteiger partial charge in [-0.05, 0) is 108 Å². The number of rotatable bonds is 8. The molecule has 0 radical (unpaired) electrons. The summed E-state index contributed by atoms with van der Waals surface area (Å²) in [5.74, 6) is -2.30. The molecule has 0 spiro atoms. The van der Waals surface area contributed by atoms with Crippen LogP contribution in [0.1, 0.15) is 466 Å². The maximum absolute atomic E-state index is 11.9. The van der Waals surface area contributed by atoms with Crippen LogP contribution in [0.4, 0.5) is 0 Å². The van der Waals surface area contributed by atoms with Crippen molar-refractivity contribution >= 4 is 35.4 Å². The highest BCUT2D eigenvalue weighted by Crippen LogP contribution is 2.24. The second-order valence-corrected chi connectivity index (χ2v) is 29.9. The van der Waals surface area contributed by atoms with Crippen molar-refractivity contribution in [3.63, 3.8) is 0 Å². The summed E-state index contributed by atoms with van der Waals surface area (Å²) in [5, 5.41) is 17.7. The van der Waals surface area contributed by atoms with Crippen molar-refractivity contribution in [1.82, 2.24) is 0 Å². The smallest absolute Gasteiger partial charge is 0.347 e. The third-order valence-corrected chi connectivity index (χ3v) is 14.4. The standard InChI is InChI=1S/C15H26O5.C14H24O4.C7H14O2.C6H12O.4C6H12.4C3H8.4C2H6/c1-9(11(16)14(3,4)5)19-12(17)10(2)20-13(18)15(6,7)8;1-10(17-13(16)14(2,3)4)12(15)18-11-8-6-5-7-9-11;1-5(8)6(9)7(2,3)4;7-6-4-2-1-3-5-6;4*1-2-4-6-5-3-1;4*1-3-2;4*1-2/h9-10H,1-8H3;10-11H,5-9H2,1-4H3;5,8H,1-4H3;6-7H,1-5H2;4*1-6H2;4*3H2,1-2H3;4*1-2H3. The van der Waals surface area contributed by atoms with Gasteiger partial charge in [-0.15, -0.1) is 0 Å². The average Bonchev–Trinajstić information content (AvgIpc) is 1.94. The average molecular weight is 1410 g/mol. The van der Waals surface area contributed by atoms with E-state index >= 15 is 0 Å². The molecule has 98 heavy (non-hydrogen) atoms. The Kier molecular flexibility index (Phi) is 98.6. The molecule has 0 bridgehead atoms. The predicted octanol–water partition coefficient (Wildman–Crippen LogP) is 26.8. The summed E-state index contributed by atoms with van der Waals surface area (Å²) in [7, 11) is 0. The van der Waals surface area contributed by atoms with Gasteiger partial charge in [0.1, 0.15) is 12.2 Å². The second kappa shape index (κ2) is 83.1. The molecule has 6 aliphatic carbocycles. The Morgan fingerprint density at radius 3 is 0.663 bits per heavy atom. The molecule has 4 unspecified atom stereocenters. The van der Waals surface area contributed by atoms with Gasteiger partial charge in [-0.2, -0.15) is 0 Å². The summed E-state index contributed by atoms with van der Waals surface area (Å²) in [6, 6.07) is 0. The van der Waals surface area contributed by atoms with Crippen molar-refractivity contribution in [2.45, 2.75) is 502 Å². The highest BCUT2D eigenvalue weighted by atomic mass is 16.6. The van der Waals surface area contributed by atoms with Gasteiger partial charge in [-0.1, -0.05) is 358 Å². The minimum absolute atomic E-state index is 0.00189. The number of ketones is 2. The molecule has 0 saturated heterocycles. The fourth-order valence-corrected chi connectivity index (χ4v) is 9.10. The molecular weight excluding hydrogens is 1220 g/mol. The van der Waals surface area contributed by atoms with Crippen LogP contribution in [0.5, 0.6) is 0 Å². The molecule has 12 heteroatoms. The minimum Gasteiger partial charge on any atom is -0.460 e. The number of ether oxygens (including phenoxy) is 4. The molecule has 0 aromatic carbocycles.